The van der Waals surface area contributed by atoms with E-state index in [-0.39, 0.29) is 42.5 Å². The van der Waals surface area contributed by atoms with Gasteiger partial charge in [-0.2, -0.15) is 0 Å². The number of hydrogen-bond donors (Lipinski definition) is 2. The number of carboxylic acids is 1. The highest BCUT2D eigenvalue weighted by molar-refractivity contribution is 5.93. The standard InChI is InChI=1S/C26H27FN4O4/c1-16-8-20(4-6-22(16)26(34)35)13-31(12-18(3)32)14-21-11-28-15-30-24(21)25(33)29-10-19-5-7-23(27)17(2)9-19/h4-9,11,15H,10,12-14H2,1-3H3,(H,29,33)(H,34,35). The molecule has 0 atom stereocenters. The fourth-order valence-electron chi connectivity index (χ4n) is 3.81. The molecule has 0 saturated heterocycles. The molecule has 0 saturated carbocycles. The Morgan fingerprint density at radius 3 is 2.40 bits per heavy atom. The topological polar surface area (TPSA) is 112 Å². The minimum Gasteiger partial charge on any atom is -0.478 e. The molecule has 0 radical (unpaired) electrons. The molecule has 0 unspecified atom stereocenters. The highest BCUT2D eigenvalue weighted by Gasteiger charge is 2.18. The number of hydrogen-bond acceptors (Lipinski definition) is 6. The average molecular weight is 479 g/mol. The smallest absolute Gasteiger partial charge is 0.335 e. The number of carboxylic acid groups (broad SMARTS) is 1. The van der Waals surface area contributed by atoms with Crippen LogP contribution in [0.3, 0.4) is 0 Å². The van der Waals surface area contributed by atoms with E-state index in [1.54, 1.807) is 44.2 Å². The number of amides is 1. The van der Waals surface area contributed by atoms with E-state index in [4.69, 9.17) is 0 Å². The number of carbonyl (C=O) groups excluding carboxylic acids is 2. The summed E-state index contributed by atoms with van der Waals surface area (Å²) in [5.74, 6) is -1.77. The number of Topliss-reactive ketones (excluding diaryl/α,β-unsaturated/α-hetero) is 1. The summed E-state index contributed by atoms with van der Waals surface area (Å²) < 4.78 is 13.5. The molecule has 2 N–H and O–H groups in total. The number of nitrogens with one attached hydrogen (secondary N) is 1. The number of aromatic nitrogens is 2. The van der Waals surface area contributed by atoms with Crippen molar-refractivity contribution in [1.29, 1.82) is 0 Å². The molecular weight excluding hydrogens is 451 g/mol. The summed E-state index contributed by atoms with van der Waals surface area (Å²) in [6, 6.07) is 9.66. The van der Waals surface area contributed by atoms with Gasteiger partial charge >= 0.3 is 5.97 Å². The first-order valence-electron chi connectivity index (χ1n) is 11.0. The van der Waals surface area contributed by atoms with E-state index < -0.39 is 11.9 Å². The zero-order valence-electron chi connectivity index (χ0n) is 19.8. The molecule has 8 nitrogen and oxygen atoms in total. The number of benzene rings is 2. The van der Waals surface area contributed by atoms with Gasteiger partial charge in [0.15, 0.2) is 0 Å². The molecule has 35 heavy (non-hydrogen) atoms. The Morgan fingerprint density at radius 2 is 1.74 bits per heavy atom. The molecule has 2 aromatic carbocycles. The molecule has 3 aromatic rings. The van der Waals surface area contributed by atoms with Crippen LogP contribution in [0.5, 0.6) is 0 Å². The van der Waals surface area contributed by atoms with Crippen LogP contribution in [-0.4, -0.2) is 44.2 Å². The van der Waals surface area contributed by atoms with E-state index in [9.17, 15) is 23.9 Å². The van der Waals surface area contributed by atoms with Gasteiger partial charge in [-0.05, 0) is 55.2 Å². The second kappa shape index (κ2) is 11.4. The van der Waals surface area contributed by atoms with Gasteiger partial charge in [-0.25, -0.2) is 19.2 Å². The molecule has 1 amide bonds. The van der Waals surface area contributed by atoms with E-state index >= 15 is 0 Å². The highest BCUT2D eigenvalue weighted by atomic mass is 19.1. The van der Waals surface area contributed by atoms with Crippen molar-refractivity contribution >= 4 is 17.7 Å². The van der Waals surface area contributed by atoms with Crippen molar-refractivity contribution in [3.05, 3.63) is 93.8 Å². The quantitative estimate of drug-likeness (QED) is 0.459. The number of aromatic carboxylic acids is 1. The van der Waals surface area contributed by atoms with Gasteiger partial charge < -0.3 is 10.4 Å². The fourth-order valence-corrected chi connectivity index (χ4v) is 3.81. The zero-order chi connectivity index (χ0) is 25.5. The molecule has 9 heteroatoms. The molecule has 0 aliphatic carbocycles. The van der Waals surface area contributed by atoms with Gasteiger partial charge in [-0.3, -0.25) is 14.5 Å². The molecule has 1 heterocycles. The van der Waals surface area contributed by atoms with Crippen molar-refractivity contribution in [3.8, 4) is 0 Å². The molecule has 1 aromatic heterocycles. The third-order valence-corrected chi connectivity index (χ3v) is 5.45. The number of rotatable bonds is 10. The summed E-state index contributed by atoms with van der Waals surface area (Å²) in [7, 11) is 0. The Hall–Kier alpha value is -3.98. The van der Waals surface area contributed by atoms with Gasteiger partial charge in [0.05, 0.1) is 12.1 Å². The van der Waals surface area contributed by atoms with Crippen LogP contribution in [0.15, 0.2) is 48.9 Å². The van der Waals surface area contributed by atoms with E-state index in [2.05, 4.69) is 15.3 Å². The Kier molecular flexibility index (Phi) is 8.38. The number of ketones is 1. The van der Waals surface area contributed by atoms with Crippen molar-refractivity contribution in [1.82, 2.24) is 20.2 Å². The van der Waals surface area contributed by atoms with Gasteiger partial charge in [0.2, 0.25) is 0 Å². The predicted molar refractivity (Wildman–Crippen MR) is 127 cm³/mol. The summed E-state index contributed by atoms with van der Waals surface area (Å²) >= 11 is 0. The van der Waals surface area contributed by atoms with Crippen molar-refractivity contribution in [3.63, 3.8) is 0 Å². The lowest BCUT2D eigenvalue weighted by molar-refractivity contribution is -0.118. The third-order valence-electron chi connectivity index (χ3n) is 5.45. The lowest BCUT2D eigenvalue weighted by Gasteiger charge is -2.22. The Balaban J connectivity index is 1.76. The lowest BCUT2D eigenvalue weighted by Crippen LogP contribution is -2.31. The van der Waals surface area contributed by atoms with Gasteiger partial charge in [0, 0.05) is 31.4 Å². The molecular formula is C26H27FN4O4. The summed E-state index contributed by atoms with van der Waals surface area (Å²) in [6.07, 6.45) is 2.82. The first-order valence-corrected chi connectivity index (χ1v) is 11.0. The van der Waals surface area contributed by atoms with Crippen molar-refractivity contribution < 1.29 is 23.9 Å². The Bertz CT molecular complexity index is 1260. The maximum atomic E-state index is 13.5. The van der Waals surface area contributed by atoms with Gasteiger partial charge in [0.25, 0.3) is 5.91 Å². The number of carbonyl (C=O) groups is 3. The van der Waals surface area contributed by atoms with Crippen LogP contribution in [0.25, 0.3) is 0 Å². The minimum absolute atomic E-state index is 0.0570. The van der Waals surface area contributed by atoms with Crippen molar-refractivity contribution in [2.24, 2.45) is 0 Å². The molecule has 0 aliphatic rings. The summed E-state index contributed by atoms with van der Waals surface area (Å²) in [5.41, 5.74) is 3.65. The molecule has 0 aliphatic heterocycles. The third kappa shape index (κ3) is 7.00. The number of nitrogens with zero attached hydrogens (tertiary/aromatic N) is 3. The average Bonchev–Trinajstić information content (AvgIpc) is 2.79. The van der Waals surface area contributed by atoms with Crippen molar-refractivity contribution in [2.45, 2.75) is 40.4 Å². The molecule has 182 valence electrons. The summed E-state index contributed by atoms with van der Waals surface area (Å²) in [5, 5.41) is 12.1. The van der Waals surface area contributed by atoms with Crippen LogP contribution < -0.4 is 5.32 Å². The monoisotopic (exact) mass is 478 g/mol. The zero-order valence-corrected chi connectivity index (χ0v) is 19.8. The predicted octanol–water partition coefficient (Wildman–Crippen LogP) is 3.45. The summed E-state index contributed by atoms with van der Waals surface area (Å²) in [4.78, 5) is 46.1. The van der Waals surface area contributed by atoms with Crippen LogP contribution in [0.1, 0.15) is 55.6 Å². The highest BCUT2D eigenvalue weighted by Crippen LogP contribution is 2.16. The van der Waals surface area contributed by atoms with E-state index in [0.29, 0.717) is 23.2 Å². The van der Waals surface area contributed by atoms with Crippen molar-refractivity contribution in [2.75, 3.05) is 6.54 Å². The maximum absolute atomic E-state index is 13.5. The first kappa shape index (κ1) is 25.6. The number of aryl methyl sites for hydroxylation is 2. The molecule has 0 fully saturated rings. The minimum atomic E-state index is -0.998. The first-order chi connectivity index (χ1) is 16.6. The van der Waals surface area contributed by atoms with Gasteiger partial charge in [-0.15, -0.1) is 0 Å². The second-order valence-corrected chi connectivity index (χ2v) is 8.46. The maximum Gasteiger partial charge on any atom is 0.335 e. The van der Waals surface area contributed by atoms with Gasteiger partial charge in [-0.1, -0.05) is 24.3 Å². The SMILES string of the molecule is CC(=O)CN(Cc1ccc(C(=O)O)c(C)c1)Cc1cncnc1C(=O)NCc1ccc(F)c(C)c1. The Morgan fingerprint density at radius 1 is 1.03 bits per heavy atom. The van der Waals surface area contributed by atoms with E-state index in [0.717, 1.165) is 11.1 Å². The van der Waals surface area contributed by atoms with Gasteiger partial charge in [0.1, 0.15) is 23.6 Å². The fraction of sp³-hybridized carbons (Fsp3) is 0.269. The molecule has 0 bridgehead atoms. The second-order valence-electron chi connectivity index (χ2n) is 8.46. The van der Waals surface area contributed by atoms with Crippen LogP contribution in [0.2, 0.25) is 0 Å². The van der Waals surface area contributed by atoms with E-state index in [1.807, 2.05) is 4.90 Å². The van der Waals surface area contributed by atoms with Crippen LogP contribution in [0, 0.1) is 19.7 Å². The molecule has 0 spiro atoms. The Labute approximate surface area is 202 Å². The summed E-state index contributed by atoms with van der Waals surface area (Å²) in [6.45, 7) is 5.79. The number of halogens is 1. The molecule has 3 rings (SSSR count). The van der Waals surface area contributed by atoms with Crippen LogP contribution in [0.4, 0.5) is 4.39 Å². The van der Waals surface area contributed by atoms with Crippen LogP contribution in [-0.2, 0) is 24.4 Å². The lowest BCUT2D eigenvalue weighted by atomic mass is 10.0. The van der Waals surface area contributed by atoms with E-state index in [1.165, 1.54) is 25.5 Å². The normalized spacial score (nSPS) is 10.9. The largest absolute Gasteiger partial charge is 0.478 e. The van der Waals surface area contributed by atoms with Crippen LogP contribution >= 0.6 is 0 Å².